The van der Waals surface area contributed by atoms with E-state index in [1.54, 1.807) is 12.1 Å². The highest BCUT2D eigenvalue weighted by molar-refractivity contribution is 6.39. The molecule has 0 aliphatic carbocycles. The molecule has 26 heavy (non-hydrogen) atoms. The molecule has 0 saturated heterocycles. The molecule has 6 nitrogen and oxygen atoms in total. The van der Waals surface area contributed by atoms with E-state index in [0.29, 0.717) is 36.0 Å². The summed E-state index contributed by atoms with van der Waals surface area (Å²) in [6.45, 7) is 0.408. The Morgan fingerprint density at radius 2 is 2.00 bits per heavy atom. The van der Waals surface area contributed by atoms with Gasteiger partial charge in [-0.2, -0.15) is 0 Å². The van der Waals surface area contributed by atoms with E-state index in [0.717, 1.165) is 16.7 Å². The number of hydrogen-bond acceptors (Lipinski definition) is 5. The highest BCUT2D eigenvalue weighted by Gasteiger charge is 2.27. The van der Waals surface area contributed by atoms with Gasteiger partial charge in [-0.3, -0.25) is 4.79 Å². The predicted molar refractivity (Wildman–Crippen MR) is 97.9 cm³/mol. The van der Waals surface area contributed by atoms with Crippen LogP contribution in [-0.2, 0) is 22.6 Å². The number of fused-ring (bicyclic) bond motifs is 1. The summed E-state index contributed by atoms with van der Waals surface area (Å²) in [6, 6.07) is 14.9. The molecule has 2 heterocycles. The van der Waals surface area contributed by atoms with Gasteiger partial charge in [0, 0.05) is 18.0 Å². The summed E-state index contributed by atoms with van der Waals surface area (Å²) >= 11 is 5.85. The zero-order chi connectivity index (χ0) is 17.9. The zero-order valence-electron chi connectivity index (χ0n) is 13.8. The molecule has 0 fully saturated rings. The number of rotatable bonds is 5. The van der Waals surface area contributed by atoms with E-state index in [4.69, 9.17) is 20.9 Å². The molecule has 1 atom stereocenters. The minimum atomic E-state index is -0.251. The molecule has 1 aliphatic heterocycles. The maximum Gasteiger partial charge on any atom is 0.269 e. The summed E-state index contributed by atoms with van der Waals surface area (Å²) in [5, 5.41) is 7.40. The van der Waals surface area contributed by atoms with Gasteiger partial charge < -0.3 is 14.6 Å². The van der Waals surface area contributed by atoms with Crippen molar-refractivity contribution in [1.29, 1.82) is 0 Å². The van der Waals surface area contributed by atoms with Crippen molar-refractivity contribution in [3.05, 3.63) is 65.0 Å². The van der Waals surface area contributed by atoms with E-state index in [9.17, 15) is 4.79 Å². The summed E-state index contributed by atoms with van der Waals surface area (Å²) in [6.07, 6.45) is 0.636. The van der Waals surface area contributed by atoms with E-state index >= 15 is 0 Å². The minimum Gasteiger partial charge on any atom is -0.441 e. The Bertz CT molecular complexity index is 933. The van der Waals surface area contributed by atoms with Crippen molar-refractivity contribution >= 4 is 34.3 Å². The Morgan fingerprint density at radius 1 is 1.19 bits per heavy atom. The third-order valence-corrected chi connectivity index (χ3v) is 4.35. The Labute approximate surface area is 154 Å². The van der Waals surface area contributed by atoms with Gasteiger partial charge in [-0.15, -0.1) is 0 Å². The first-order valence-corrected chi connectivity index (χ1v) is 8.65. The van der Waals surface area contributed by atoms with E-state index in [-0.39, 0.29) is 12.0 Å². The summed E-state index contributed by atoms with van der Waals surface area (Å²) in [7, 11) is 0. The van der Waals surface area contributed by atoms with E-state index in [2.05, 4.69) is 15.5 Å². The SMILES string of the molecule is O=C(NCc1ccc(Cl)cc1)C1=NO[C@@H](Cc2nc3ccccc3o2)C1. The summed E-state index contributed by atoms with van der Waals surface area (Å²) < 4.78 is 5.69. The van der Waals surface area contributed by atoms with Crippen LogP contribution in [0.2, 0.25) is 5.02 Å². The quantitative estimate of drug-likeness (QED) is 0.746. The van der Waals surface area contributed by atoms with Crippen molar-refractivity contribution in [1.82, 2.24) is 10.3 Å². The highest BCUT2D eigenvalue weighted by atomic mass is 35.5. The van der Waals surface area contributed by atoms with Gasteiger partial charge in [-0.05, 0) is 29.8 Å². The first-order valence-electron chi connectivity index (χ1n) is 8.27. The van der Waals surface area contributed by atoms with Gasteiger partial charge in [0.05, 0.1) is 6.42 Å². The molecule has 7 heteroatoms. The molecule has 0 radical (unpaired) electrons. The molecule has 2 aromatic carbocycles. The Morgan fingerprint density at radius 3 is 2.81 bits per heavy atom. The number of oxazole rings is 1. The fraction of sp³-hybridized carbons (Fsp3) is 0.211. The molecule has 132 valence electrons. The van der Waals surface area contributed by atoms with Crippen molar-refractivity contribution in [2.45, 2.75) is 25.5 Å². The number of amides is 1. The molecule has 0 saturated carbocycles. The van der Waals surface area contributed by atoms with Gasteiger partial charge in [0.2, 0.25) is 0 Å². The van der Waals surface area contributed by atoms with Crippen molar-refractivity contribution in [3.8, 4) is 0 Å². The third kappa shape index (κ3) is 3.70. The van der Waals surface area contributed by atoms with Gasteiger partial charge in [0.15, 0.2) is 11.5 Å². The zero-order valence-corrected chi connectivity index (χ0v) is 14.6. The Kier molecular flexibility index (Phi) is 4.58. The minimum absolute atomic E-state index is 0.236. The van der Waals surface area contributed by atoms with Gasteiger partial charge in [0.1, 0.15) is 17.3 Å². The summed E-state index contributed by atoms with van der Waals surface area (Å²) in [5.74, 6) is 0.342. The van der Waals surface area contributed by atoms with Crippen LogP contribution in [0.4, 0.5) is 0 Å². The monoisotopic (exact) mass is 369 g/mol. The second-order valence-corrected chi connectivity index (χ2v) is 6.49. The average Bonchev–Trinajstić information content (AvgIpc) is 3.27. The van der Waals surface area contributed by atoms with Crippen LogP contribution < -0.4 is 5.32 Å². The van der Waals surface area contributed by atoms with E-state index in [1.165, 1.54) is 0 Å². The van der Waals surface area contributed by atoms with Crippen LogP contribution in [0.25, 0.3) is 11.1 Å². The first-order chi connectivity index (χ1) is 12.7. The second-order valence-electron chi connectivity index (χ2n) is 6.06. The lowest BCUT2D eigenvalue weighted by Gasteiger charge is -2.05. The largest absolute Gasteiger partial charge is 0.441 e. The van der Waals surface area contributed by atoms with Gasteiger partial charge in [0.25, 0.3) is 5.91 Å². The number of benzene rings is 2. The van der Waals surface area contributed by atoms with E-state index in [1.807, 2.05) is 36.4 Å². The summed E-state index contributed by atoms with van der Waals surface area (Å²) in [4.78, 5) is 22.0. The van der Waals surface area contributed by atoms with Crippen LogP contribution >= 0.6 is 11.6 Å². The maximum atomic E-state index is 12.2. The van der Waals surface area contributed by atoms with Crippen molar-refractivity contribution < 1.29 is 14.0 Å². The van der Waals surface area contributed by atoms with Crippen LogP contribution in [0.15, 0.2) is 58.1 Å². The van der Waals surface area contributed by atoms with Gasteiger partial charge in [-0.1, -0.05) is 41.0 Å². The lowest BCUT2D eigenvalue weighted by molar-refractivity contribution is -0.115. The lowest BCUT2D eigenvalue weighted by atomic mass is 10.1. The molecule has 0 unspecified atom stereocenters. The molecular weight excluding hydrogens is 354 g/mol. The molecule has 1 aliphatic rings. The number of oxime groups is 1. The second kappa shape index (κ2) is 7.17. The molecular formula is C19H16ClN3O3. The smallest absolute Gasteiger partial charge is 0.269 e. The number of para-hydroxylation sites is 2. The third-order valence-electron chi connectivity index (χ3n) is 4.10. The fourth-order valence-corrected chi connectivity index (χ4v) is 2.89. The number of aromatic nitrogens is 1. The standard InChI is InChI=1S/C19H16ClN3O3/c20-13-7-5-12(6-8-13)11-21-19(24)16-9-14(26-23-16)10-18-22-15-3-1-2-4-17(15)25-18/h1-8,14H,9-11H2,(H,21,24)/t14-/m1/s1. The van der Waals surface area contributed by atoms with Crippen LogP contribution in [-0.4, -0.2) is 22.7 Å². The average molecular weight is 370 g/mol. The van der Waals surface area contributed by atoms with Gasteiger partial charge in [-0.25, -0.2) is 4.98 Å². The van der Waals surface area contributed by atoms with E-state index < -0.39 is 0 Å². The van der Waals surface area contributed by atoms with Crippen LogP contribution in [0.1, 0.15) is 17.9 Å². The predicted octanol–water partition coefficient (Wildman–Crippen LogP) is 3.49. The topological polar surface area (TPSA) is 76.7 Å². The number of halogens is 1. The highest BCUT2D eigenvalue weighted by Crippen LogP contribution is 2.20. The Balaban J connectivity index is 1.31. The normalized spacial score (nSPS) is 16.3. The van der Waals surface area contributed by atoms with Crippen molar-refractivity contribution in [3.63, 3.8) is 0 Å². The lowest BCUT2D eigenvalue weighted by Crippen LogP contribution is -2.30. The molecule has 3 aromatic rings. The fourth-order valence-electron chi connectivity index (χ4n) is 2.76. The maximum absolute atomic E-state index is 12.2. The molecule has 1 aromatic heterocycles. The van der Waals surface area contributed by atoms with Crippen LogP contribution in [0.5, 0.6) is 0 Å². The molecule has 0 spiro atoms. The Hall–Kier alpha value is -2.86. The summed E-state index contributed by atoms with van der Waals surface area (Å²) in [5.41, 5.74) is 2.88. The number of hydrogen-bond donors (Lipinski definition) is 1. The van der Waals surface area contributed by atoms with Crippen molar-refractivity contribution in [2.75, 3.05) is 0 Å². The van der Waals surface area contributed by atoms with Crippen LogP contribution in [0.3, 0.4) is 0 Å². The van der Waals surface area contributed by atoms with Crippen molar-refractivity contribution in [2.24, 2.45) is 5.16 Å². The molecule has 0 bridgehead atoms. The number of carbonyl (C=O) groups excluding carboxylic acids is 1. The molecule has 1 amide bonds. The molecule has 1 N–H and O–H groups in total. The number of nitrogens with one attached hydrogen (secondary N) is 1. The number of carbonyl (C=O) groups is 1. The van der Waals surface area contributed by atoms with Crippen LogP contribution in [0, 0.1) is 0 Å². The van der Waals surface area contributed by atoms with Gasteiger partial charge >= 0.3 is 0 Å². The first kappa shape index (κ1) is 16.6. The number of nitrogens with zero attached hydrogens (tertiary/aromatic N) is 2. The molecule has 4 rings (SSSR count).